The monoisotopic (exact) mass is 298 g/mol. The largest absolute Gasteiger partial charge is 0.497 e. The van der Waals surface area contributed by atoms with Crippen molar-refractivity contribution < 1.29 is 14.3 Å². The first-order valence-electron chi connectivity index (χ1n) is 6.83. The normalized spacial score (nSPS) is 10.5. The van der Waals surface area contributed by atoms with E-state index in [-0.39, 0.29) is 12.5 Å². The SMILES string of the molecule is COc1ccc(OCC(=O)NN=Cc2ccc(C)cc2)cc1. The smallest absolute Gasteiger partial charge is 0.277 e. The highest BCUT2D eigenvalue weighted by Crippen LogP contribution is 2.16. The molecule has 0 saturated heterocycles. The Morgan fingerprint density at radius 1 is 1.09 bits per heavy atom. The first-order valence-corrected chi connectivity index (χ1v) is 6.83. The molecule has 0 unspecified atom stereocenters. The summed E-state index contributed by atoms with van der Waals surface area (Å²) < 4.78 is 10.4. The number of carbonyl (C=O) groups excluding carboxylic acids is 1. The molecule has 2 rings (SSSR count). The van der Waals surface area contributed by atoms with Gasteiger partial charge in [-0.2, -0.15) is 5.10 Å². The number of aryl methyl sites for hydroxylation is 1. The minimum absolute atomic E-state index is 0.0996. The van der Waals surface area contributed by atoms with Crippen molar-refractivity contribution in [3.05, 3.63) is 59.7 Å². The predicted molar refractivity (Wildman–Crippen MR) is 85.4 cm³/mol. The quantitative estimate of drug-likeness (QED) is 0.658. The molecule has 22 heavy (non-hydrogen) atoms. The number of ether oxygens (including phenoxy) is 2. The van der Waals surface area contributed by atoms with Crippen molar-refractivity contribution in [2.24, 2.45) is 5.10 Å². The molecule has 0 aliphatic carbocycles. The van der Waals surface area contributed by atoms with Crippen LogP contribution >= 0.6 is 0 Å². The highest BCUT2D eigenvalue weighted by molar-refractivity contribution is 5.82. The van der Waals surface area contributed by atoms with Crippen molar-refractivity contribution in [3.8, 4) is 11.5 Å². The third-order valence-corrected chi connectivity index (χ3v) is 2.91. The molecular formula is C17H18N2O3. The lowest BCUT2D eigenvalue weighted by atomic mass is 10.2. The molecule has 0 heterocycles. The van der Waals surface area contributed by atoms with Gasteiger partial charge in [-0.3, -0.25) is 4.79 Å². The van der Waals surface area contributed by atoms with E-state index in [0.717, 1.165) is 11.3 Å². The molecule has 5 nitrogen and oxygen atoms in total. The summed E-state index contributed by atoms with van der Waals surface area (Å²) in [5.74, 6) is 1.01. The van der Waals surface area contributed by atoms with Crippen LogP contribution in [0.2, 0.25) is 0 Å². The van der Waals surface area contributed by atoms with E-state index >= 15 is 0 Å². The van der Waals surface area contributed by atoms with Gasteiger partial charge >= 0.3 is 0 Å². The average Bonchev–Trinajstić information content (AvgIpc) is 2.55. The maximum atomic E-state index is 11.6. The van der Waals surface area contributed by atoms with Crippen LogP contribution in [0.1, 0.15) is 11.1 Å². The topological polar surface area (TPSA) is 59.9 Å². The Balaban J connectivity index is 1.76. The predicted octanol–water partition coefficient (Wildman–Crippen LogP) is 2.53. The maximum Gasteiger partial charge on any atom is 0.277 e. The summed E-state index contributed by atoms with van der Waals surface area (Å²) in [7, 11) is 1.59. The lowest BCUT2D eigenvalue weighted by molar-refractivity contribution is -0.123. The third kappa shape index (κ3) is 4.94. The molecule has 114 valence electrons. The molecule has 0 aliphatic heterocycles. The molecule has 0 radical (unpaired) electrons. The zero-order chi connectivity index (χ0) is 15.8. The first kappa shape index (κ1) is 15.6. The van der Waals surface area contributed by atoms with Gasteiger partial charge in [-0.15, -0.1) is 0 Å². The van der Waals surface area contributed by atoms with Crippen molar-refractivity contribution in [1.29, 1.82) is 0 Å². The Morgan fingerprint density at radius 3 is 2.36 bits per heavy atom. The molecule has 5 heteroatoms. The van der Waals surface area contributed by atoms with Gasteiger partial charge in [0.15, 0.2) is 6.61 Å². The lowest BCUT2D eigenvalue weighted by Crippen LogP contribution is -2.24. The van der Waals surface area contributed by atoms with E-state index in [1.807, 2.05) is 31.2 Å². The number of nitrogens with zero attached hydrogens (tertiary/aromatic N) is 1. The van der Waals surface area contributed by atoms with Gasteiger partial charge in [-0.1, -0.05) is 29.8 Å². The van der Waals surface area contributed by atoms with Crippen LogP contribution in [0, 0.1) is 6.92 Å². The summed E-state index contributed by atoms with van der Waals surface area (Å²) in [6, 6.07) is 14.8. The van der Waals surface area contributed by atoms with Gasteiger partial charge in [0.05, 0.1) is 13.3 Å². The van der Waals surface area contributed by atoms with Crippen LogP contribution in [0.5, 0.6) is 11.5 Å². The molecule has 0 bridgehead atoms. The van der Waals surface area contributed by atoms with Gasteiger partial charge in [-0.05, 0) is 36.8 Å². The molecule has 0 atom stereocenters. The molecule has 0 fully saturated rings. The average molecular weight is 298 g/mol. The Hall–Kier alpha value is -2.82. The first-order chi connectivity index (χ1) is 10.7. The highest BCUT2D eigenvalue weighted by Gasteiger charge is 2.01. The zero-order valence-corrected chi connectivity index (χ0v) is 12.6. The standard InChI is InChI=1S/C17H18N2O3/c1-13-3-5-14(6-4-13)11-18-19-17(20)12-22-16-9-7-15(21-2)8-10-16/h3-11H,12H2,1-2H3,(H,19,20). The minimum Gasteiger partial charge on any atom is -0.497 e. The molecule has 0 aliphatic rings. The van der Waals surface area contributed by atoms with E-state index in [4.69, 9.17) is 9.47 Å². The van der Waals surface area contributed by atoms with Crippen molar-refractivity contribution >= 4 is 12.1 Å². The number of benzene rings is 2. The second-order valence-electron chi connectivity index (χ2n) is 4.67. The fraction of sp³-hybridized carbons (Fsp3) is 0.176. The van der Waals surface area contributed by atoms with Crippen LogP contribution in [0.25, 0.3) is 0 Å². The summed E-state index contributed by atoms with van der Waals surface area (Å²) in [6.45, 7) is 1.91. The number of carbonyl (C=O) groups is 1. The molecule has 0 spiro atoms. The summed E-state index contributed by atoms with van der Waals surface area (Å²) in [6.07, 6.45) is 1.59. The van der Waals surface area contributed by atoms with Crippen LogP contribution in [-0.2, 0) is 4.79 Å². The molecule has 1 amide bonds. The fourth-order valence-electron chi connectivity index (χ4n) is 1.68. The Bertz CT molecular complexity index is 634. The summed E-state index contributed by atoms with van der Waals surface area (Å²) in [5.41, 5.74) is 4.51. The van der Waals surface area contributed by atoms with Crippen LogP contribution in [0.15, 0.2) is 53.6 Å². The van der Waals surface area contributed by atoms with E-state index in [1.165, 1.54) is 5.56 Å². The zero-order valence-electron chi connectivity index (χ0n) is 12.6. The number of methoxy groups -OCH3 is 1. The van der Waals surface area contributed by atoms with E-state index < -0.39 is 0 Å². The number of hydrogen-bond donors (Lipinski definition) is 1. The molecule has 2 aromatic carbocycles. The van der Waals surface area contributed by atoms with Gasteiger partial charge in [0.2, 0.25) is 0 Å². The maximum absolute atomic E-state index is 11.6. The number of hydrogen-bond acceptors (Lipinski definition) is 4. The van der Waals surface area contributed by atoms with Gasteiger partial charge in [-0.25, -0.2) is 5.43 Å². The lowest BCUT2D eigenvalue weighted by Gasteiger charge is -2.05. The molecule has 0 aromatic heterocycles. The second kappa shape index (κ2) is 7.83. The van der Waals surface area contributed by atoms with Crippen LogP contribution < -0.4 is 14.9 Å². The van der Waals surface area contributed by atoms with Gasteiger partial charge in [0.25, 0.3) is 5.91 Å². The van der Waals surface area contributed by atoms with Crippen LogP contribution in [0.4, 0.5) is 0 Å². The number of amides is 1. The third-order valence-electron chi connectivity index (χ3n) is 2.91. The van der Waals surface area contributed by atoms with Crippen LogP contribution in [-0.4, -0.2) is 25.8 Å². The van der Waals surface area contributed by atoms with Crippen molar-refractivity contribution in [2.45, 2.75) is 6.92 Å². The highest BCUT2D eigenvalue weighted by atomic mass is 16.5. The van der Waals surface area contributed by atoms with Gasteiger partial charge in [0, 0.05) is 0 Å². The van der Waals surface area contributed by atoms with E-state index in [0.29, 0.717) is 5.75 Å². The number of nitrogens with one attached hydrogen (secondary N) is 1. The van der Waals surface area contributed by atoms with Crippen molar-refractivity contribution in [1.82, 2.24) is 5.43 Å². The Labute approximate surface area is 129 Å². The Kier molecular flexibility index (Phi) is 5.54. The van der Waals surface area contributed by atoms with Gasteiger partial charge < -0.3 is 9.47 Å². The van der Waals surface area contributed by atoms with E-state index in [9.17, 15) is 4.79 Å². The van der Waals surface area contributed by atoms with Crippen molar-refractivity contribution in [3.63, 3.8) is 0 Å². The van der Waals surface area contributed by atoms with E-state index in [1.54, 1.807) is 37.6 Å². The minimum atomic E-state index is -0.320. The summed E-state index contributed by atoms with van der Waals surface area (Å²) in [4.78, 5) is 11.6. The van der Waals surface area contributed by atoms with Gasteiger partial charge in [0.1, 0.15) is 11.5 Å². The number of hydrazone groups is 1. The molecule has 2 aromatic rings. The van der Waals surface area contributed by atoms with E-state index in [2.05, 4.69) is 10.5 Å². The Morgan fingerprint density at radius 2 is 1.73 bits per heavy atom. The summed E-state index contributed by atoms with van der Waals surface area (Å²) >= 11 is 0. The summed E-state index contributed by atoms with van der Waals surface area (Å²) in [5, 5.41) is 3.89. The molecule has 1 N–H and O–H groups in total. The number of rotatable bonds is 6. The van der Waals surface area contributed by atoms with Crippen molar-refractivity contribution in [2.75, 3.05) is 13.7 Å². The second-order valence-corrected chi connectivity index (χ2v) is 4.67. The van der Waals surface area contributed by atoms with Crippen LogP contribution in [0.3, 0.4) is 0 Å². The molecule has 0 saturated carbocycles. The molecular weight excluding hydrogens is 280 g/mol. The fourth-order valence-corrected chi connectivity index (χ4v) is 1.68.